The van der Waals surface area contributed by atoms with Crippen LogP contribution in [-0.2, 0) is 0 Å². The molecule has 0 atom stereocenters. The van der Waals surface area contributed by atoms with Gasteiger partial charge in [0, 0.05) is 11.7 Å². The Kier molecular flexibility index (Phi) is 4.00. The van der Waals surface area contributed by atoms with Crippen molar-refractivity contribution in [1.82, 2.24) is 0 Å². The first-order valence-corrected chi connectivity index (χ1v) is 7.33. The molecule has 0 saturated heterocycles. The Balaban J connectivity index is 1.58. The van der Waals surface area contributed by atoms with Gasteiger partial charge in [0.15, 0.2) is 0 Å². The van der Waals surface area contributed by atoms with Gasteiger partial charge in [-0.3, -0.25) is 0 Å². The van der Waals surface area contributed by atoms with Crippen molar-refractivity contribution in [2.45, 2.75) is 24.8 Å². The van der Waals surface area contributed by atoms with E-state index in [1.54, 1.807) is 14.2 Å². The van der Waals surface area contributed by atoms with E-state index in [4.69, 9.17) is 9.47 Å². The fraction of sp³-hybridized carbons (Fsp3) is 0.333. The van der Waals surface area contributed by atoms with E-state index in [2.05, 4.69) is 29.6 Å². The van der Waals surface area contributed by atoms with Gasteiger partial charge in [-0.05, 0) is 54.7 Å². The van der Waals surface area contributed by atoms with Crippen LogP contribution in [0.3, 0.4) is 0 Å². The SMILES string of the molecule is COc1ccc(NC2CC(c3ccccc3OC)C2)cc1. The van der Waals surface area contributed by atoms with E-state index in [0.717, 1.165) is 30.0 Å². The second kappa shape index (κ2) is 6.08. The lowest BCUT2D eigenvalue weighted by atomic mass is 9.75. The van der Waals surface area contributed by atoms with Gasteiger partial charge < -0.3 is 14.8 Å². The first-order valence-electron chi connectivity index (χ1n) is 7.33. The molecular weight excluding hydrogens is 262 g/mol. The van der Waals surface area contributed by atoms with E-state index in [9.17, 15) is 0 Å². The maximum absolute atomic E-state index is 5.45. The highest BCUT2D eigenvalue weighted by molar-refractivity contribution is 5.48. The minimum Gasteiger partial charge on any atom is -0.497 e. The molecule has 1 saturated carbocycles. The average molecular weight is 283 g/mol. The summed E-state index contributed by atoms with van der Waals surface area (Å²) in [5, 5.41) is 3.57. The van der Waals surface area contributed by atoms with Gasteiger partial charge in [0.05, 0.1) is 14.2 Å². The van der Waals surface area contributed by atoms with Crippen LogP contribution in [0.4, 0.5) is 5.69 Å². The number of rotatable bonds is 5. The topological polar surface area (TPSA) is 30.5 Å². The summed E-state index contributed by atoms with van der Waals surface area (Å²) in [6.07, 6.45) is 2.29. The van der Waals surface area contributed by atoms with Crippen molar-refractivity contribution in [2.24, 2.45) is 0 Å². The Bertz CT molecular complexity index is 588. The monoisotopic (exact) mass is 283 g/mol. The Morgan fingerprint density at radius 3 is 2.29 bits per heavy atom. The second-order valence-electron chi connectivity index (χ2n) is 5.48. The lowest BCUT2D eigenvalue weighted by Gasteiger charge is -2.37. The van der Waals surface area contributed by atoms with Crippen molar-refractivity contribution in [3.63, 3.8) is 0 Å². The highest BCUT2D eigenvalue weighted by Crippen LogP contribution is 2.42. The summed E-state index contributed by atoms with van der Waals surface area (Å²) in [6.45, 7) is 0. The van der Waals surface area contributed by atoms with Crippen LogP contribution in [0.5, 0.6) is 11.5 Å². The Labute approximate surface area is 125 Å². The number of para-hydroxylation sites is 1. The average Bonchev–Trinajstić information content (AvgIpc) is 2.51. The van der Waals surface area contributed by atoms with Crippen molar-refractivity contribution < 1.29 is 9.47 Å². The molecule has 0 aromatic heterocycles. The largest absolute Gasteiger partial charge is 0.497 e. The molecule has 1 N–H and O–H groups in total. The molecule has 0 heterocycles. The van der Waals surface area contributed by atoms with Crippen LogP contribution < -0.4 is 14.8 Å². The molecule has 1 aliphatic rings. The second-order valence-corrected chi connectivity index (χ2v) is 5.48. The third kappa shape index (κ3) is 2.97. The molecule has 2 aromatic carbocycles. The van der Waals surface area contributed by atoms with E-state index < -0.39 is 0 Å². The molecule has 3 heteroatoms. The number of benzene rings is 2. The fourth-order valence-electron chi connectivity index (χ4n) is 2.92. The molecule has 1 aliphatic carbocycles. The molecule has 0 spiro atoms. The zero-order valence-corrected chi connectivity index (χ0v) is 12.5. The minimum absolute atomic E-state index is 0.535. The molecule has 0 aliphatic heterocycles. The standard InChI is InChI=1S/C18H21NO2/c1-20-16-9-7-14(8-10-16)19-15-11-13(12-15)17-5-3-4-6-18(17)21-2/h3-10,13,15,19H,11-12H2,1-2H3. The lowest BCUT2D eigenvalue weighted by molar-refractivity contribution is 0.349. The van der Waals surface area contributed by atoms with Gasteiger partial charge in [-0.2, -0.15) is 0 Å². The Hall–Kier alpha value is -2.16. The lowest BCUT2D eigenvalue weighted by Crippen LogP contribution is -2.34. The van der Waals surface area contributed by atoms with Crippen LogP contribution in [-0.4, -0.2) is 20.3 Å². The molecule has 110 valence electrons. The maximum Gasteiger partial charge on any atom is 0.122 e. The molecule has 2 aromatic rings. The first-order chi connectivity index (χ1) is 10.3. The number of nitrogens with one attached hydrogen (secondary N) is 1. The van der Waals surface area contributed by atoms with Gasteiger partial charge in [-0.1, -0.05) is 18.2 Å². The number of hydrogen-bond acceptors (Lipinski definition) is 3. The molecule has 21 heavy (non-hydrogen) atoms. The van der Waals surface area contributed by atoms with Crippen molar-refractivity contribution in [2.75, 3.05) is 19.5 Å². The highest BCUT2D eigenvalue weighted by Gasteiger charge is 2.31. The van der Waals surface area contributed by atoms with Crippen LogP contribution in [0.15, 0.2) is 48.5 Å². The molecule has 0 bridgehead atoms. The molecule has 1 fully saturated rings. The fourth-order valence-corrected chi connectivity index (χ4v) is 2.92. The summed E-state index contributed by atoms with van der Waals surface area (Å²) >= 11 is 0. The van der Waals surface area contributed by atoms with Gasteiger partial charge >= 0.3 is 0 Å². The van der Waals surface area contributed by atoms with E-state index in [1.165, 1.54) is 5.56 Å². The Morgan fingerprint density at radius 2 is 1.62 bits per heavy atom. The normalized spacial score (nSPS) is 20.5. The van der Waals surface area contributed by atoms with E-state index in [0.29, 0.717) is 12.0 Å². The summed E-state index contributed by atoms with van der Waals surface area (Å²) < 4.78 is 10.6. The van der Waals surface area contributed by atoms with Gasteiger partial charge in [0.1, 0.15) is 11.5 Å². The van der Waals surface area contributed by atoms with Crippen molar-refractivity contribution in [3.05, 3.63) is 54.1 Å². The third-order valence-corrected chi connectivity index (χ3v) is 4.18. The number of methoxy groups -OCH3 is 2. The smallest absolute Gasteiger partial charge is 0.122 e. The van der Waals surface area contributed by atoms with Crippen LogP contribution in [0, 0.1) is 0 Å². The van der Waals surface area contributed by atoms with Crippen LogP contribution >= 0.6 is 0 Å². The number of hydrogen-bond donors (Lipinski definition) is 1. The first kappa shape index (κ1) is 13.8. The molecule has 3 rings (SSSR count). The van der Waals surface area contributed by atoms with E-state index >= 15 is 0 Å². The summed E-state index contributed by atoms with van der Waals surface area (Å²) in [7, 11) is 3.43. The van der Waals surface area contributed by atoms with Crippen LogP contribution in [0.2, 0.25) is 0 Å². The highest BCUT2D eigenvalue weighted by atomic mass is 16.5. The zero-order chi connectivity index (χ0) is 14.7. The van der Waals surface area contributed by atoms with E-state index in [1.807, 2.05) is 24.3 Å². The van der Waals surface area contributed by atoms with Crippen LogP contribution in [0.25, 0.3) is 0 Å². The maximum atomic E-state index is 5.45. The zero-order valence-electron chi connectivity index (χ0n) is 12.5. The van der Waals surface area contributed by atoms with Crippen molar-refractivity contribution in [1.29, 1.82) is 0 Å². The van der Waals surface area contributed by atoms with Crippen LogP contribution in [0.1, 0.15) is 24.3 Å². The molecule has 0 amide bonds. The van der Waals surface area contributed by atoms with Crippen molar-refractivity contribution in [3.8, 4) is 11.5 Å². The molecular formula is C18H21NO2. The predicted octanol–water partition coefficient (Wildman–Crippen LogP) is 4.06. The van der Waals surface area contributed by atoms with Gasteiger partial charge in [0.25, 0.3) is 0 Å². The van der Waals surface area contributed by atoms with Gasteiger partial charge in [-0.15, -0.1) is 0 Å². The Morgan fingerprint density at radius 1 is 0.905 bits per heavy atom. The summed E-state index contributed by atoms with van der Waals surface area (Å²) in [5.41, 5.74) is 2.48. The summed E-state index contributed by atoms with van der Waals surface area (Å²) in [5.74, 6) is 2.49. The molecule has 0 radical (unpaired) electrons. The quantitative estimate of drug-likeness (QED) is 0.897. The molecule has 3 nitrogen and oxygen atoms in total. The molecule has 0 unspecified atom stereocenters. The number of anilines is 1. The third-order valence-electron chi connectivity index (χ3n) is 4.18. The summed E-state index contributed by atoms with van der Waals surface area (Å²) in [6, 6.07) is 17.0. The van der Waals surface area contributed by atoms with Gasteiger partial charge in [-0.25, -0.2) is 0 Å². The van der Waals surface area contributed by atoms with Gasteiger partial charge in [0.2, 0.25) is 0 Å². The van der Waals surface area contributed by atoms with Crippen molar-refractivity contribution >= 4 is 5.69 Å². The predicted molar refractivity (Wildman–Crippen MR) is 85.4 cm³/mol. The van der Waals surface area contributed by atoms with E-state index in [-0.39, 0.29) is 0 Å². The number of ether oxygens (including phenoxy) is 2. The summed E-state index contributed by atoms with van der Waals surface area (Å²) in [4.78, 5) is 0. The minimum atomic E-state index is 0.535.